The first-order valence-corrected chi connectivity index (χ1v) is 19.7. The molecule has 3 aliphatic heterocycles. The number of carbonyl (C=O) groups is 2. The van der Waals surface area contributed by atoms with Gasteiger partial charge in [0, 0.05) is 48.0 Å². The van der Waals surface area contributed by atoms with Gasteiger partial charge < -0.3 is 24.6 Å². The summed E-state index contributed by atoms with van der Waals surface area (Å²) >= 11 is 0. The molecule has 3 aromatic carbocycles. The van der Waals surface area contributed by atoms with Crippen LogP contribution in [0.15, 0.2) is 79.1 Å². The largest absolute Gasteiger partial charge is 0.339 e. The molecule has 1 aliphatic carbocycles. The minimum atomic E-state index is -0.681. The topological polar surface area (TPSA) is 86.6 Å². The molecule has 5 heterocycles. The van der Waals surface area contributed by atoms with Gasteiger partial charge in [-0.05, 0) is 114 Å². The number of likely N-dealkylation sites (tertiary alicyclic amines) is 2. The molecule has 278 valence electrons. The van der Waals surface area contributed by atoms with Gasteiger partial charge in [-0.2, -0.15) is 0 Å². The quantitative estimate of drug-likeness (QED) is 0.181. The number of carbonyl (C=O) groups excluding carboxylic acids is 2. The van der Waals surface area contributed by atoms with Crippen LogP contribution in [0.25, 0.3) is 22.3 Å². The zero-order valence-corrected chi connectivity index (χ0v) is 31.4. The van der Waals surface area contributed by atoms with Crippen LogP contribution in [-0.4, -0.2) is 74.4 Å². The van der Waals surface area contributed by atoms with Crippen molar-refractivity contribution in [3.63, 3.8) is 0 Å². The predicted molar refractivity (Wildman–Crippen MR) is 211 cm³/mol. The summed E-state index contributed by atoms with van der Waals surface area (Å²) < 4.78 is 17.0. The van der Waals surface area contributed by atoms with E-state index in [0.29, 0.717) is 54.7 Å². The van der Waals surface area contributed by atoms with E-state index in [2.05, 4.69) is 47.2 Å². The molecule has 1 N–H and O–H groups in total. The zero-order valence-electron chi connectivity index (χ0n) is 31.4. The number of nitrogens with one attached hydrogen (secondary N) is 1. The smallest absolute Gasteiger partial charge is 0.253 e. The van der Waals surface area contributed by atoms with E-state index in [0.717, 1.165) is 59.3 Å². The number of hydrogen-bond donors (Lipinski definition) is 1. The SMILES string of the molecule is Cc1ccc(C(=O)N2CCC3(CC2)C(=O)N(C2CC(N4CCCCC4)C2)c2cc(-c4cc5ncn(C(C)C)c5c(Nc5ccccc5F)n4)ccc23)cc1. The molecule has 2 aromatic heterocycles. The number of piperidine rings is 2. The van der Waals surface area contributed by atoms with Gasteiger partial charge in [0.1, 0.15) is 11.3 Å². The number of fused-ring (bicyclic) bond motifs is 3. The molecule has 0 radical (unpaired) electrons. The molecule has 1 spiro atoms. The predicted octanol–water partition coefficient (Wildman–Crippen LogP) is 8.41. The molecule has 9 rings (SSSR count). The third kappa shape index (κ3) is 5.86. The molecule has 9 nitrogen and oxygen atoms in total. The summed E-state index contributed by atoms with van der Waals surface area (Å²) in [5, 5.41) is 3.27. The summed E-state index contributed by atoms with van der Waals surface area (Å²) in [7, 11) is 0. The van der Waals surface area contributed by atoms with Crippen molar-refractivity contribution in [1.82, 2.24) is 24.3 Å². The van der Waals surface area contributed by atoms with Gasteiger partial charge in [0.15, 0.2) is 5.82 Å². The van der Waals surface area contributed by atoms with Gasteiger partial charge in [0.05, 0.1) is 28.6 Å². The van der Waals surface area contributed by atoms with E-state index in [4.69, 9.17) is 9.97 Å². The second-order valence-electron chi connectivity index (χ2n) is 16.1. The van der Waals surface area contributed by atoms with Crippen LogP contribution in [-0.2, 0) is 10.2 Å². The minimum Gasteiger partial charge on any atom is -0.339 e. The third-order valence-corrected chi connectivity index (χ3v) is 12.5. The Labute approximate surface area is 316 Å². The van der Waals surface area contributed by atoms with Crippen LogP contribution in [0.3, 0.4) is 0 Å². The average molecular weight is 726 g/mol. The second kappa shape index (κ2) is 13.6. The maximum atomic E-state index is 15.0. The molecule has 2 amide bonds. The van der Waals surface area contributed by atoms with Crippen LogP contribution in [0.4, 0.5) is 21.6 Å². The number of benzene rings is 3. The number of pyridine rings is 1. The number of aryl methyl sites for hydroxylation is 1. The Morgan fingerprint density at radius 3 is 2.37 bits per heavy atom. The van der Waals surface area contributed by atoms with E-state index in [1.165, 1.54) is 25.3 Å². The van der Waals surface area contributed by atoms with Gasteiger partial charge in [-0.3, -0.25) is 9.59 Å². The Morgan fingerprint density at radius 1 is 0.907 bits per heavy atom. The van der Waals surface area contributed by atoms with Crippen molar-refractivity contribution in [2.75, 3.05) is 36.4 Å². The van der Waals surface area contributed by atoms with Gasteiger partial charge in [-0.15, -0.1) is 0 Å². The maximum absolute atomic E-state index is 15.0. The van der Waals surface area contributed by atoms with E-state index in [1.54, 1.807) is 18.2 Å². The molecule has 1 saturated carbocycles. The van der Waals surface area contributed by atoms with Crippen molar-refractivity contribution in [2.45, 2.75) is 89.3 Å². The molecule has 3 fully saturated rings. The summed E-state index contributed by atoms with van der Waals surface area (Å²) in [6, 6.07) is 23.4. The summed E-state index contributed by atoms with van der Waals surface area (Å²) in [5.41, 5.74) is 6.60. The Balaban J connectivity index is 1.08. The summed E-state index contributed by atoms with van der Waals surface area (Å²) in [6.07, 6.45) is 8.72. The fourth-order valence-electron chi connectivity index (χ4n) is 9.29. The molecule has 2 saturated heterocycles. The number of imidazole rings is 1. The number of halogens is 1. The minimum absolute atomic E-state index is 0.0206. The van der Waals surface area contributed by atoms with E-state index in [-0.39, 0.29) is 29.7 Å². The third-order valence-electron chi connectivity index (χ3n) is 12.5. The molecule has 54 heavy (non-hydrogen) atoms. The van der Waals surface area contributed by atoms with E-state index < -0.39 is 5.41 Å². The molecule has 10 heteroatoms. The average Bonchev–Trinajstić information content (AvgIpc) is 3.70. The van der Waals surface area contributed by atoms with Gasteiger partial charge in [0.25, 0.3) is 5.91 Å². The highest BCUT2D eigenvalue weighted by molar-refractivity contribution is 6.09. The number of rotatable bonds is 7. The monoisotopic (exact) mass is 725 g/mol. The molecular weight excluding hydrogens is 678 g/mol. The highest BCUT2D eigenvalue weighted by atomic mass is 19.1. The highest BCUT2D eigenvalue weighted by Gasteiger charge is 2.56. The van der Waals surface area contributed by atoms with Crippen molar-refractivity contribution < 1.29 is 14.0 Å². The standard InChI is InChI=1S/C44H48FN7O2/c1-28(2)51-27-46-38-26-37(48-41(40(38)51)47-36-10-6-5-9-35(36)45)31-15-16-34-39(23-31)52(33-24-32(25-33)49-19-7-4-8-20-49)43(54)44(34)17-21-50(22-18-44)42(53)30-13-11-29(3)12-14-30/h5-6,9-16,23,26-28,32-33H,4,7-8,17-22,24-25H2,1-3H3,(H,47,48). The lowest BCUT2D eigenvalue weighted by atomic mass is 9.73. The van der Waals surface area contributed by atoms with Crippen LogP contribution in [0.1, 0.15) is 86.3 Å². The van der Waals surface area contributed by atoms with E-state index in [9.17, 15) is 14.0 Å². The van der Waals surface area contributed by atoms with Crippen LogP contribution in [0.2, 0.25) is 0 Å². The Bertz CT molecular complexity index is 2230. The number of amides is 2. The van der Waals surface area contributed by atoms with Crippen molar-refractivity contribution >= 4 is 40.0 Å². The van der Waals surface area contributed by atoms with Gasteiger partial charge in [-0.1, -0.05) is 48.4 Å². The Hall–Kier alpha value is -5.09. The second-order valence-corrected chi connectivity index (χ2v) is 16.1. The van der Waals surface area contributed by atoms with Crippen molar-refractivity contribution in [2.24, 2.45) is 0 Å². The Kier molecular flexibility index (Phi) is 8.76. The fourth-order valence-corrected chi connectivity index (χ4v) is 9.29. The fraction of sp³-hybridized carbons (Fsp3) is 0.409. The van der Waals surface area contributed by atoms with Crippen molar-refractivity contribution in [1.29, 1.82) is 0 Å². The summed E-state index contributed by atoms with van der Waals surface area (Å²) in [4.78, 5) is 45.0. The summed E-state index contributed by atoms with van der Waals surface area (Å²) in [5.74, 6) is 0.352. The Morgan fingerprint density at radius 2 is 1.65 bits per heavy atom. The molecule has 5 aromatic rings. The summed E-state index contributed by atoms with van der Waals surface area (Å²) in [6.45, 7) is 9.53. The number of hydrogen-bond acceptors (Lipinski definition) is 6. The number of nitrogens with zero attached hydrogens (tertiary/aromatic N) is 6. The number of para-hydroxylation sites is 1. The van der Waals surface area contributed by atoms with Crippen LogP contribution in [0.5, 0.6) is 0 Å². The molecule has 4 aliphatic rings. The lowest BCUT2D eigenvalue weighted by Crippen LogP contribution is -2.58. The first kappa shape index (κ1) is 34.7. The molecule has 0 unspecified atom stereocenters. The van der Waals surface area contributed by atoms with Gasteiger partial charge >= 0.3 is 0 Å². The maximum Gasteiger partial charge on any atom is 0.253 e. The lowest BCUT2D eigenvalue weighted by Gasteiger charge is -2.48. The molecule has 0 bridgehead atoms. The first-order chi connectivity index (χ1) is 26.2. The van der Waals surface area contributed by atoms with Crippen LogP contribution < -0.4 is 10.2 Å². The van der Waals surface area contributed by atoms with Crippen LogP contribution in [0, 0.1) is 12.7 Å². The van der Waals surface area contributed by atoms with Crippen molar-refractivity contribution in [3.8, 4) is 11.3 Å². The van der Waals surface area contributed by atoms with Crippen molar-refractivity contribution in [3.05, 3.63) is 102 Å². The zero-order chi connectivity index (χ0) is 37.1. The van der Waals surface area contributed by atoms with Crippen LogP contribution >= 0.6 is 0 Å². The van der Waals surface area contributed by atoms with E-state index >= 15 is 0 Å². The number of aromatic nitrogens is 3. The number of anilines is 3. The van der Waals surface area contributed by atoms with Gasteiger partial charge in [0.2, 0.25) is 5.91 Å². The van der Waals surface area contributed by atoms with Gasteiger partial charge in [-0.25, -0.2) is 14.4 Å². The normalized spacial score (nSPS) is 21.2. The molecular formula is C44H48FN7O2. The lowest BCUT2D eigenvalue weighted by molar-refractivity contribution is -0.125. The highest BCUT2D eigenvalue weighted by Crippen LogP contribution is 2.52. The van der Waals surface area contributed by atoms with E-state index in [1.807, 2.05) is 53.0 Å². The first-order valence-electron chi connectivity index (χ1n) is 19.7. The molecule has 0 atom stereocenters.